The van der Waals surface area contributed by atoms with Crippen LogP contribution in [0.2, 0.25) is 0 Å². The van der Waals surface area contributed by atoms with Gasteiger partial charge in [0.25, 0.3) is 0 Å². The molecule has 0 unspecified atom stereocenters. The third-order valence-electron chi connectivity index (χ3n) is 2.49. The van der Waals surface area contributed by atoms with Crippen LogP contribution in [0.1, 0.15) is 19.3 Å². The van der Waals surface area contributed by atoms with Crippen molar-refractivity contribution in [1.29, 1.82) is 0 Å². The number of hydrogen-bond acceptors (Lipinski definition) is 6. The number of hydrogen-bond donors (Lipinski definition) is 2. The Morgan fingerprint density at radius 3 is 1.92 bits per heavy atom. The maximum atomic E-state index is 11.4. The number of rotatable bonds is 0. The fourth-order valence-corrected chi connectivity index (χ4v) is 2.54. The molecule has 2 fully saturated rings. The van der Waals surface area contributed by atoms with E-state index in [9.17, 15) is 9.59 Å². The zero-order valence-electron chi connectivity index (χ0n) is 6.91. The van der Waals surface area contributed by atoms with Crippen LogP contribution in [0, 0.1) is 5.41 Å². The van der Waals surface area contributed by atoms with Crippen LogP contribution < -0.4 is 11.0 Å². The summed E-state index contributed by atoms with van der Waals surface area (Å²) >= 11 is 0. The first-order valence-electron chi connectivity index (χ1n) is 4.01. The molecule has 0 amide bonds. The topological polar surface area (TPSA) is 105 Å². The van der Waals surface area contributed by atoms with E-state index in [1.807, 2.05) is 0 Å². The summed E-state index contributed by atoms with van der Waals surface area (Å²) in [6.07, 6.45) is 1.79. The van der Waals surface area contributed by atoms with E-state index in [1.165, 1.54) is 0 Å². The van der Waals surface area contributed by atoms with Crippen molar-refractivity contribution in [2.75, 3.05) is 0 Å². The fourth-order valence-electron chi connectivity index (χ4n) is 1.53. The molecule has 1 saturated carbocycles. The van der Waals surface area contributed by atoms with Gasteiger partial charge in [-0.1, -0.05) is 0 Å². The molecule has 0 bridgehead atoms. The van der Waals surface area contributed by atoms with Crippen LogP contribution in [0.3, 0.4) is 0 Å². The summed E-state index contributed by atoms with van der Waals surface area (Å²) in [4.78, 5) is 22.8. The van der Waals surface area contributed by atoms with E-state index in [2.05, 4.69) is 0 Å². The van der Waals surface area contributed by atoms with E-state index in [1.54, 1.807) is 0 Å². The Morgan fingerprint density at radius 1 is 1.15 bits per heavy atom. The zero-order chi connectivity index (χ0) is 9.69. The van der Waals surface area contributed by atoms with Gasteiger partial charge < -0.3 is 0 Å². The molecule has 1 spiro atoms. The van der Waals surface area contributed by atoms with E-state index in [-0.39, 0.29) is 0 Å². The van der Waals surface area contributed by atoms with Gasteiger partial charge in [0.05, 0.1) is 0 Å². The van der Waals surface area contributed by atoms with Crippen molar-refractivity contribution in [3.63, 3.8) is 0 Å². The van der Waals surface area contributed by atoms with Gasteiger partial charge in [0.15, 0.2) is 0 Å². The first-order chi connectivity index (χ1) is 5.96. The van der Waals surface area contributed by atoms with E-state index in [4.69, 9.17) is 20.1 Å². The van der Waals surface area contributed by atoms with Crippen LogP contribution in [0.25, 0.3) is 0 Å². The molecule has 1 aliphatic carbocycles. The summed E-state index contributed by atoms with van der Waals surface area (Å²) in [6.45, 7) is 0. The normalized spacial score (nSPS) is 31.5. The Hall–Kier alpha value is -0.710. The summed E-state index contributed by atoms with van der Waals surface area (Å²) in [6, 6.07) is 0. The zero-order valence-corrected chi connectivity index (χ0v) is 7.91. The molecule has 2 rings (SSSR count). The molecule has 1 saturated heterocycles. The minimum absolute atomic E-state index is 0.481. The summed E-state index contributed by atoms with van der Waals surface area (Å²) in [5.41, 5.74) is 9.50. The quantitative estimate of drug-likeness (QED) is 0.412. The molecule has 1 aliphatic heterocycles. The Kier molecular flexibility index (Phi) is 1.64. The van der Waals surface area contributed by atoms with E-state index in [0.717, 1.165) is 6.42 Å². The van der Waals surface area contributed by atoms with Crippen LogP contribution >= 0.6 is 8.02 Å². The van der Waals surface area contributed by atoms with Crippen molar-refractivity contribution in [3.05, 3.63) is 0 Å². The first kappa shape index (κ1) is 8.87. The fraction of sp³-hybridized carbons (Fsp3) is 0.667. The summed E-state index contributed by atoms with van der Waals surface area (Å²) in [5.74, 6) is -1.21. The van der Waals surface area contributed by atoms with Crippen molar-refractivity contribution < 1.29 is 18.6 Å². The van der Waals surface area contributed by atoms with Crippen molar-refractivity contribution in [2.24, 2.45) is 16.4 Å². The molecule has 1 heterocycles. The third kappa shape index (κ3) is 1.14. The van der Waals surface area contributed by atoms with E-state index >= 15 is 0 Å². The number of carbonyl (C=O) groups is 2. The Balaban J connectivity index is 2.26. The summed E-state index contributed by atoms with van der Waals surface area (Å²) < 4.78 is 9.43. The maximum absolute atomic E-state index is 11.4. The molecule has 0 aromatic carbocycles. The molecule has 13 heavy (non-hydrogen) atoms. The van der Waals surface area contributed by atoms with Crippen molar-refractivity contribution in [3.8, 4) is 0 Å². The predicted octanol–water partition coefficient (Wildman–Crippen LogP) is -0.416. The van der Waals surface area contributed by atoms with Crippen molar-refractivity contribution >= 4 is 20.0 Å². The van der Waals surface area contributed by atoms with Gasteiger partial charge in [0.1, 0.15) is 0 Å². The summed E-state index contributed by atoms with van der Waals surface area (Å²) in [5, 5.41) is 0. The second-order valence-corrected chi connectivity index (χ2v) is 5.29. The Bertz CT molecular complexity index is 264. The molecule has 0 radical (unpaired) electrons. The predicted molar refractivity (Wildman–Crippen MR) is 45.2 cm³/mol. The monoisotopic (exact) mass is 206 g/mol. The van der Waals surface area contributed by atoms with Crippen molar-refractivity contribution in [2.45, 2.75) is 19.3 Å². The third-order valence-corrected chi connectivity index (χ3v) is 3.50. The number of carbonyl (C=O) groups excluding carboxylic acids is 2. The SMILES string of the molecule is N[PH]1(N)OC(=O)C2(CCC2)C(=O)O1. The molecular formula is C6H11N2O4P. The molecule has 7 heteroatoms. The van der Waals surface area contributed by atoms with Crippen LogP contribution in [0.5, 0.6) is 0 Å². The van der Waals surface area contributed by atoms with Gasteiger partial charge in [0, 0.05) is 0 Å². The minimum atomic E-state index is -3.49. The van der Waals surface area contributed by atoms with Gasteiger partial charge in [-0.15, -0.1) is 0 Å². The van der Waals surface area contributed by atoms with E-state index in [0.29, 0.717) is 12.8 Å². The second-order valence-electron chi connectivity index (χ2n) is 3.44. The van der Waals surface area contributed by atoms with E-state index < -0.39 is 25.4 Å². The molecular weight excluding hydrogens is 195 g/mol. The van der Waals surface area contributed by atoms with Crippen LogP contribution in [0.15, 0.2) is 0 Å². The molecule has 2 aliphatic rings. The van der Waals surface area contributed by atoms with Crippen LogP contribution in [-0.4, -0.2) is 11.9 Å². The molecule has 0 atom stereocenters. The van der Waals surface area contributed by atoms with Gasteiger partial charge >= 0.3 is 74.3 Å². The molecule has 0 aromatic heterocycles. The molecule has 4 N–H and O–H groups in total. The molecule has 0 aromatic rings. The average Bonchev–Trinajstić information content (AvgIpc) is 1.77. The Morgan fingerprint density at radius 2 is 1.62 bits per heavy atom. The first-order valence-corrected chi connectivity index (χ1v) is 5.98. The van der Waals surface area contributed by atoms with Gasteiger partial charge in [-0.3, -0.25) is 0 Å². The van der Waals surface area contributed by atoms with Crippen LogP contribution in [0.4, 0.5) is 0 Å². The molecule has 6 nitrogen and oxygen atoms in total. The van der Waals surface area contributed by atoms with Gasteiger partial charge in [-0.2, -0.15) is 0 Å². The van der Waals surface area contributed by atoms with Gasteiger partial charge in [-0.25, -0.2) is 0 Å². The number of nitrogens with two attached hydrogens (primary N) is 2. The molecule has 74 valence electrons. The van der Waals surface area contributed by atoms with Gasteiger partial charge in [0.2, 0.25) is 0 Å². The Labute approximate surface area is 75.2 Å². The second kappa shape index (κ2) is 2.41. The van der Waals surface area contributed by atoms with Crippen LogP contribution in [-0.2, 0) is 18.6 Å². The standard InChI is InChI=1S/C6H11N2O4P/c7-13(8)11-4(9)6(2-1-3-6)5(10)12-13/h13H,1-3,7-8H2. The van der Waals surface area contributed by atoms with Crippen molar-refractivity contribution in [1.82, 2.24) is 0 Å². The summed E-state index contributed by atoms with van der Waals surface area (Å²) in [7, 11) is -3.49. The average molecular weight is 206 g/mol. The van der Waals surface area contributed by atoms with Gasteiger partial charge in [-0.05, 0) is 0 Å².